The van der Waals surface area contributed by atoms with Crippen LogP contribution in [0.15, 0.2) is 55.1 Å². The summed E-state index contributed by atoms with van der Waals surface area (Å²) in [5.41, 5.74) is 0.773. The third kappa shape index (κ3) is 3.88. The highest BCUT2D eigenvalue weighted by molar-refractivity contribution is 6.02. The van der Waals surface area contributed by atoms with Gasteiger partial charge in [-0.15, -0.1) is 0 Å². The molecule has 0 spiro atoms. The standard InChI is InChI=1S/C27H24FN7O2/c28-21-5-2-1-4-19(21)20-16-35(22-14-18(15-29)6-9-30-22)25-23(20)24(31-17-32-25)33-10-12-34(13-11-33)26(36)27(37)7-3-8-27/h1-2,4-6,9,14,16-17,37H,3,7-8,10-13H2. The van der Waals surface area contributed by atoms with E-state index in [1.807, 2.05) is 0 Å². The average Bonchev–Trinajstić information content (AvgIpc) is 3.31. The fourth-order valence-electron chi connectivity index (χ4n) is 5.10. The van der Waals surface area contributed by atoms with Crippen molar-refractivity contribution in [1.29, 1.82) is 5.26 Å². The van der Waals surface area contributed by atoms with Crippen LogP contribution in [0.3, 0.4) is 0 Å². The number of rotatable bonds is 4. The van der Waals surface area contributed by atoms with Gasteiger partial charge in [0.2, 0.25) is 0 Å². The number of pyridine rings is 1. The van der Waals surface area contributed by atoms with Crippen molar-refractivity contribution in [2.45, 2.75) is 24.9 Å². The van der Waals surface area contributed by atoms with E-state index in [0.29, 0.717) is 78.4 Å². The molecule has 10 heteroatoms. The van der Waals surface area contributed by atoms with E-state index in [9.17, 15) is 15.2 Å². The van der Waals surface area contributed by atoms with Gasteiger partial charge in [-0.05, 0) is 37.5 Å². The molecule has 3 aromatic heterocycles. The van der Waals surface area contributed by atoms with Crippen molar-refractivity contribution in [3.8, 4) is 23.0 Å². The minimum Gasteiger partial charge on any atom is -0.380 e. The molecule has 1 saturated carbocycles. The number of carbonyl (C=O) groups is 1. The van der Waals surface area contributed by atoms with Crippen LogP contribution in [0.5, 0.6) is 0 Å². The predicted molar refractivity (Wildman–Crippen MR) is 134 cm³/mol. The molecular formula is C27H24FN7O2. The monoisotopic (exact) mass is 497 g/mol. The van der Waals surface area contributed by atoms with Crippen LogP contribution < -0.4 is 4.90 Å². The lowest BCUT2D eigenvalue weighted by Gasteiger charge is -2.42. The second kappa shape index (κ2) is 8.94. The fourth-order valence-corrected chi connectivity index (χ4v) is 5.10. The molecule has 4 aromatic rings. The van der Waals surface area contributed by atoms with E-state index in [1.165, 1.54) is 12.4 Å². The molecule has 1 aliphatic carbocycles. The lowest BCUT2D eigenvalue weighted by atomic mass is 9.79. The van der Waals surface area contributed by atoms with Crippen molar-refractivity contribution in [1.82, 2.24) is 24.4 Å². The number of hydrogen-bond acceptors (Lipinski definition) is 7. The van der Waals surface area contributed by atoms with Gasteiger partial charge in [-0.25, -0.2) is 19.3 Å². The summed E-state index contributed by atoms with van der Waals surface area (Å²) < 4.78 is 16.8. The Hall–Kier alpha value is -4.36. The maximum Gasteiger partial charge on any atom is 0.254 e. The molecule has 6 rings (SSSR count). The van der Waals surface area contributed by atoms with Gasteiger partial charge in [-0.1, -0.05) is 18.2 Å². The topological polar surface area (TPSA) is 111 Å². The molecular weight excluding hydrogens is 473 g/mol. The number of amides is 1. The van der Waals surface area contributed by atoms with Crippen LogP contribution >= 0.6 is 0 Å². The van der Waals surface area contributed by atoms with Crippen molar-refractivity contribution < 1.29 is 14.3 Å². The summed E-state index contributed by atoms with van der Waals surface area (Å²) in [6, 6.07) is 11.9. The van der Waals surface area contributed by atoms with Crippen molar-refractivity contribution in [2.75, 3.05) is 31.1 Å². The first kappa shape index (κ1) is 23.1. The normalized spacial score (nSPS) is 16.9. The van der Waals surface area contributed by atoms with E-state index in [0.717, 1.165) is 6.42 Å². The number of aromatic nitrogens is 4. The molecule has 37 heavy (non-hydrogen) atoms. The van der Waals surface area contributed by atoms with E-state index in [-0.39, 0.29) is 11.7 Å². The molecule has 0 bridgehead atoms. The Bertz CT molecular complexity index is 1550. The Kier molecular flexibility index (Phi) is 5.57. The number of nitrogens with zero attached hydrogens (tertiary/aromatic N) is 7. The van der Waals surface area contributed by atoms with E-state index in [2.05, 4.69) is 25.9 Å². The average molecular weight is 498 g/mol. The second-order valence-corrected chi connectivity index (χ2v) is 9.47. The van der Waals surface area contributed by atoms with Crippen LogP contribution in [0.4, 0.5) is 10.2 Å². The number of halogens is 1. The molecule has 1 aromatic carbocycles. The number of piperazine rings is 1. The van der Waals surface area contributed by atoms with E-state index >= 15 is 4.39 Å². The van der Waals surface area contributed by atoms with E-state index < -0.39 is 5.60 Å². The summed E-state index contributed by atoms with van der Waals surface area (Å²) in [5, 5.41) is 20.5. The third-order valence-electron chi connectivity index (χ3n) is 7.29. The summed E-state index contributed by atoms with van der Waals surface area (Å²) >= 11 is 0. The van der Waals surface area contributed by atoms with Gasteiger partial charge >= 0.3 is 0 Å². The molecule has 1 N–H and O–H groups in total. The van der Waals surface area contributed by atoms with Crippen LogP contribution in [0.2, 0.25) is 0 Å². The Morgan fingerprint density at radius 3 is 2.54 bits per heavy atom. The highest BCUT2D eigenvalue weighted by Gasteiger charge is 2.45. The molecule has 1 saturated heterocycles. The summed E-state index contributed by atoms with van der Waals surface area (Å²) in [5.74, 6) is 0.542. The first-order valence-electron chi connectivity index (χ1n) is 12.2. The molecule has 1 aliphatic heterocycles. The van der Waals surface area contributed by atoms with E-state index in [4.69, 9.17) is 0 Å². The number of benzene rings is 1. The quantitative estimate of drug-likeness (QED) is 0.461. The van der Waals surface area contributed by atoms with Gasteiger partial charge in [0.25, 0.3) is 5.91 Å². The smallest absolute Gasteiger partial charge is 0.254 e. The molecule has 186 valence electrons. The highest BCUT2D eigenvalue weighted by Crippen LogP contribution is 2.38. The number of hydrogen-bond donors (Lipinski definition) is 1. The summed E-state index contributed by atoms with van der Waals surface area (Å²) in [4.78, 5) is 30.1. The first-order chi connectivity index (χ1) is 18.0. The van der Waals surface area contributed by atoms with Crippen molar-refractivity contribution in [2.24, 2.45) is 0 Å². The van der Waals surface area contributed by atoms with Gasteiger partial charge in [-0.2, -0.15) is 5.26 Å². The minimum absolute atomic E-state index is 0.201. The predicted octanol–water partition coefficient (Wildman–Crippen LogP) is 3.06. The zero-order valence-electron chi connectivity index (χ0n) is 20.0. The molecule has 9 nitrogen and oxygen atoms in total. The minimum atomic E-state index is -1.22. The lowest BCUT2D eigenvalue weighted by molar-refractivity contribution is -0.160. The lowest BCUT2D eigenvalue weighted by Crippen LogP contribution is -2.58. The molecule has 1 amide bonds. The number of aliphatic hydroxyl groups is 1. The van der Waals surface area contributed by atoms with Crippen LogP contribution in [-0.2, 0) is 4.79 Å². The Morgan fingerprint density at radius 1 is 1.05 bits per heavy atom. The largest absolute Gasteiger partial charge is 0.380 e. The molecule has 4 heterocycles. The first-order valence-corrected chi connectivity index (χ1v) is 12.2. The Morgan fingerprint density at radius 2 is 1.84 bits per heavy atom. The zero-order valence-corrected chi connectivity index (χ0v) is 20.0. The van der Waals surface area contributed by atoms with Gasteiger partial charge < -0.3 is 14.9 Å². The molecule has 0 unspecified atom stereocenters. The zero-order chi connectivity index (χ0) is 25.6. The van der Waals surface area contributed by atoms with Gasteiger partial charge in [0, 0.05) is 49.7 Å². The Balaban J connectivity index is 1.43. The number of fused-ring (bicyclic) bond motifs is 1. The van der Waals surface area contributed by atoms with Crippen molar-refractivity contribution in [3.63, 3.8) is 0 Å². The third-order valence-corrected chi connectivity index (χ3v) is 7.29. The van der Waals surface area contributed by atoms with E-state index in [1.54, 1.807) is 52.2 Å². The van der Waals surface area contributed by atoms with Crippen LogP contribution in [0.25, 0.3) is 28.0 Å². The number of nitriles is 1. The summed E-state index contributed by atoms with van der Waals surface area (Å²) in [6.45, 7) is 1.93. The highest BCUT2D eigenvalue weighted by atomic mass is 19.1. The van der Waals surface area contributed by atoms with Crippen LogP contribution in [0.1, 0.15) is 24.8 Å². The second-order valence-electron chi connectivity index (χ2n) is 9.47. The van der Waals surface area contributed by atoms with Gasteiger partial charge in [0.05, 0.1) is 17.0 Å². The summed E-state index contributed by atoms with van der Waals surface area (Å²) in [7, 11) is 0. The molecule has 2 fully saturated rings. The number of anilines is 1. The Labute approximate surface area is 212 Å². The van der Waals surface area contributed by atoms with Gasteiger partial charge in [-0.3, -0.25) is 9.36 Å². The fraction of sp³-hybridized carbons (Fsp3) is 0.296. The maximum absolute atomic E-state index is 15.0. The van der Waals surface area contributed by atoms with Crippen molar-refractivity contribution >= 4 is 22.8 Å². The van der Waals surface area contributed by atoms with Gasteiger partial charge in [0.1, 0.15) is 29.4 Å². The van der Waals surface area contributed by atoms with Crippen molar-refractivity contribution in [3.05, 3.63) is 66.5 Å². The van der Waals surface area contributed by atoms with Crippen LogP contribution in [-0.4, -0.2) is 67.2 Å². The molecule has 0 atom stereocenters. The summed E-state index contributed by atoms with van der Waals surface area (Å²) in [6.07, 6.45) is 6.68. The number of carbonyl (C=O) groups excluding carboxylic acids is 1. The molecule has 0 radical (unpaired) electrons. The SMILES string of the molecule is N#Cc1ccnc(-n2cc(-c3ccccc3F)c3c(N4CCN(C(=O)C5(O)CCC5)CC4)ncnc32)c1. The van der Waals surface area contributed by atoms with Crippen LogP contribution in [0, 0.1) is 17.1 Å². The molecule has 2 aliphatic rings. The maximum atomic E-state index is 15.0. The van der Waals surface area contributed by atoms with Gasteiger partial charge in [0.15, 0.2) is 5.65 Å².